The van der Waals surface area contributed by atoms with Crippen molar-refractivity contribution in [3.8, 4) is 0 Å². The maximum absolute atomic E-state index is 13.0. The second kappa shape index (κ2) is 5.47. The highest BCUT2D eigenvalue weighted by molar-refractivity contribution is 5.75. The van der Waals surface area contributed by atoms with E-state index in [2.05, 4.69) is 0 Å². The number of benzene rings is 1. The minimum absolute atomic E-state index is 0.261. The van der Waals surface area contributed by atoms with E-state index in [0.29, 0.717) is 13.0 Å². The van der Waals surface area contributed by atoms with Crippen molar-refractivity contribution in [2.75, 3.05) is 13.1 Å². The summed E-state index contributed by atoms with van der Waals surface area (Å²) in [6.07, 6.45) is 0.944. The van der Waals surface area contributed by atoms with E-state index in [1.165, 1.54) is 17.0 Å². The Morgan fingerprint density at radius 3 is 2.48 bits per heavy atom. The van der Waals surface area contributed by atoms with Crippen LogP contribution in [0.2, 0.25) is 0 Å². The first-order valence-corrected chi connectivity index (χ1v) is 6.96. The van der Waals surface area contributed by atoms with E-state index in [0.717, 1.165) is 11.8 Å². The molecule has 0 aliphatic carbocycles. The Labute approximate surface area is 123 Å². The van der Waals surface area contributed by atoms with Gasteiger partial charge < -0.3 is 14.4 Å². The Hall–Kier alpha value is -1.91. The molecular weight excluding hydrogens is 273 g/mol. The van der Waals surface area contributed by atoms with Crippen LogP contribution in [0.15, 0.2) is 24.3 Å². The zero-order valence-corrected chi connectivity index (χ0v) is 12.6. The summed E-state index contributed by atoms with van der Waals surface area (Å²) in [6.45, 7) is 6.11. The number of ether oxygens (including phenoxy) is 1. The van der Waals surface area contributed by atoms with E-state index in [1.54, 1.807) is 32.9 Å². The number of likely N-dealkylation sites (tertiary alicyclic amines) is 1. The summed E-state index contributed by atoms with van der Waals surface area (Å²) < 4.78 is 18.3. The van der Waals surface area contributed by atoms with Gasteiger partial charge in [0, 0.05) is 13.1 Å². The van der Waals surface area contributed by atoms with Gasteiger partial charge in [0.2, 0.25) is 0 Å². The van der Waals surface area contributed by atoms with Crippen molar-refractivity contribution in [2.45, 2.75) is 38.2 Å². The van der Waals surface area contributed by atoms with Crippen LogP contribution < -0.4 is 0 Å². The molecule has 0 aromatic heterocycles. The van der Waals surface area contributed by atoms with Gasteiger partial charge in [-0.25, -0.2) is 9.18 Å². The van der Waals surface area contributed by atoms with Crippen molar-refractivity contribution < 1.29 is 18.7 Å². The van der Waals surface area contributed by atoms with Gasteiger partial charge in [0.15, 0.2) is 0 Å². The predicted octanol–water partition coefficient (Wildman–Crippen LogP) is 2.90. The molecule has 1 aromatic carbocycles. The summed E-state index contributed by atoms with van der Waals surface area (Å²) in [5.41, 5.74) is -0.616. The highest BCUT2D eigenvalue weighted by Crippen LogP contribution is 2.33. The Morgan fingerprint density at radius 1 is 1.33 bits per heavy atom. The van der Waals surface area contributed by atoms with Crippen molar-refractivity contribution in [2.24, 2.45) is 0 Å². The second-order valence-electron chi connectivity index (χ2n) is 6.43. The molecule has 0 saturated carbocycles. The maximum atomic E-state index is 13.0. The predicted molar refractivity (Wildman–Crippen MR) is 76.6 cm³/mol. The van der Waals surface area contributed by atoms with E-state index < -0.39 is 17.1 Å². The van der Waals surface area contributed by atoms with Gasteiger partial charge in [0.25, 0.3) is 0 Å². The minimum atomic E-state index is -0.773. The number of halogens is 1. The quantitative estimate of drug-likeness (QED) is 0.788. The number of carbonyl (C=O) groups excluding carboxylic acids is 2. The summed E-state index contributed by atoms with van der Waals surface area (Å²) in [6, 6.07) is 5.86. The third-order valence-corrected chi connectivity index (χ3v) is 3.60. The molecular formula is C16H20FNO3. The van der Waals surface area contributed by atoms with Gasteiger partial charge >= 0.3 is 6.09 Å². The van der Waals surface area contributed by atoms with Crippen LogP contribution in [0, 0.1) is 5.82 Å². The molecule has 0 spiro atoms. The Bertz CT molecular complexity index is 535. The fourth-order valence-corrected chi connectivity index (χ4v) is 2.50. The Balaban J connectivity index is 2.16. The number of hydrogen-bond donors (Lipinski definition) is 0. The summed E-state index contributed by atoms with van der Waals surface area (Å²) in [4.78, 5) is 25.2. The molecule has 1 heterocycles. The number of nitrogens with zero attached hydrogens (tertiary/aromatic N) is 1. The van der Waals surface area contributed by atoms with Gasteiger partial charge in [-0.05, 0) is 44.9 Å². The summed E-state index contributed by atoms with van der Waals surface area (Å²) in [5, 5.41) is 0. The molecule has 4 nitrogen and oxygen atoms in total. The lowest BCUT2D eigenvalue weighted by molar-refractivity contribution is -0.112. The molecule has 1 atom stereocenters. The zero-order valence-electron chi connectivity index (χ0n) is 12.6. The zero-order chi connectivity index (χ0) is 15.7. The Kier molecular flexibility index (Phi) is 4.03. The maximum Gasteiger partial charge on any atom is 0.410 e. The van der Waals surface area contributed by atoms with Crippen molar-refractivity contribution in [1.29, 1.82) is 0 Å². The first kappa shape index (κ1) is 15.5. The molecule has 1 fully saturated rings. The van der Waals surface area contributed by atoms with Gasteiger partial charge in [0.05, 0.1) is 5.41 Å². The van der Waals surface area contributed by atoms with E-state index in [1.807, 2.05) is 0 Å². The molecule has 1 amide bonds. The lowest BCUT2D eigenvalue weighted by Gasteiger charge is -2.26. The van der Waals surface area contributed by atoms with Crippen molar-refractivity contribution in [3.63, 3.8) is 0 Å². The molecule has 1 aromatic rings. The standard InChI is InChI=1S/C16H20FNO3/c1-15(2,3)21-14(20)18-9-8-16(10-18,11-19)12-4-6-13(17)7-5-12/h4-7,11H,8-10H2,1-3H3/t16-/m1/s1. The topological polar surface area (TPSA) is 46.6 Å². The van der Waals surface area contributed by atoms with Gasteiger partial charge in [-0.1, -0.05) is 12.1 Å². The number of carbonyl (C=O) groups is 2. The summed E-state index contributed by atoms with van der Waals surface area (Å²) in [7, 11) is 0. The van der Waals surface area contributed by atoms with Crippen LogP contribution in [0.25, 0.3) is 0 Å². The number of rotatable bonds is 2. The van der Waals surface area contributed by atoms with Crippen LogP contribution in [0.4, 0.5) is 9.18 Å². The van der Waals surface area contributed by atoms with Gasteiger partial charge in [-0.2, -0.15) is 0 Å². The molecule has 2 rings (SSSR count). The average Bonchev–Trinajstić information content (AvgIpc) is 2.83. The van der Waals surface area contributed by atoms with Crippen LogP contribution >= 0.6 is 0 Å². The molecule has 21 heavy (non-hydrogen) atoms. The van der Waals surface area contributed by atoms with E-state index >= 15 is 0 Å². The molecule has 0 radical (unpaired) electrons. The third kappa shape index (κ3) is 3.40. The molecule has 1 saturated heterocycles. The SMILES string of the molecule is CC(C)(C)OC(=O)N1CC[C@@](C=O)(c2ccc(F)cc2)C1. The first-order chi connectivity index (χ1) is 9.76. The molecule has 1 aliphatic rings. The van der Waals surface area contributed by atoms with Crippen molar-refractivity contribution in [1.82, 2.24) is 4.90 Å². The van der Waals surface area contributed by atoms with E-state index in [4.69, 9.17) is 4.74 Å². The fourth-order valence-electron chi connectivity index (χ4n) is 2.50. The fraction of sp³-hybridized carbons (Fsp3) is 0.500. The summed E-state index contributed by atoms with van der Waals surface area (Å²) >= 11 is 0. The first-order valence-electron chi connectivity index (χ1n) is 6.96. The molecule has 0 N–H and O–H groups in total. The van der Waals surface area contributed by atoms with Crippen molar-refractivity contribution >= 4 is 12.4 Å². The molecule has 114 valence electrons. The minimum Gasteiger partial charge on any atom is -0.444 e. The van der Waals surface area contributed by atoms with Crippen LogP contribution in [0.5, 0.6) is 0 Å². The number of amides is 1. The smallest absolute Gasteiger partial charge is 0.410 e. The third-order valence-electron chi connectivity index (χ3n) is 3.60. The van der Waals surface area contributed by atoms with Crippen LogP contribution in [-0.2, 0) is 14.9 Å². The normalized spacial score (nSPS) is 22.2. The number of hydrogen-bond acceptors (Lipinski definition) is 3. The van der Waals surface area contributed by atoms with Gasteiger partial charge in [0.1, 0.15) is 17.7 Å². The second-order valence-corrected chi connectivity index (χ2v) is 6.43. The van der Waals surface area contributed by atoms with Gasteiger partial charge in [-0.15, -0.1) is 0 Å². The van der Waals surface area contributed by atoms with Gasteiger partial charge in [-0.3, -0.25) is 0 Å². The van der Waals surface area contributed by atoms with E-state index in [9.17, 15) is 14.0 Å². The monoisotopic (exact) mass is 293 g/mol. The molecule has 5 heteroatoms. The number of aldehydes is 1. The van der Waals surface area contributed by atoms with Crippen LogP contribution in [0.1, 0.15) is 32.8 Å². The molecule has 0 bridgehead atoms. The van der Waals surface area contributed by atoms with Crippen LogP contribution in [0.3, 0.4) is 0 Å². The highest BCUT2D eigenvalue weighted by atomic mass is 19.1. The average molecular weight is 293 g/mol. The Morgan fingerprint density at radius 2 is 1.95 bits per heavy atom. The molecule has 0 unspecified atom stereocenters. The molecule has 1 aliphatic heterocycles. The summed E-state index contributed by atoms with van der Waals surface area (Å²) in [5.74, 6) is -0.346. The largest absolute Gasteiger partial charge is 0.444 e. The lowest BCUT2D eigenvalue weighted by Crippen LogP contribution is -2.38. The lowest BCUT2D eigenvalue weighted by atomic mass is 9.81. The van der Waals surface area contributed by atoms with E-state index in [-0.39, 0.29) is 12.4 Å². The van der Waals surface area contributed by atoms with Crippen LogP contribution in [-0.4, -0.2) is 36.0 Å². The van der Waals surface area contributed by atoms with Crippen molar-refractivity contribution in [3.05, 3.63) is 35.6 Å². The highest BCUT2D eigenvalue weighted by Gasteiger charge is 2.42.